The van der Waals surface area contributed by atoms with Crippen LogP contribution in [0.15, 0.2) is 61.3 Å². The summed E-state index contributed by atoms with van der Waals surface area (Å²) in [4.78, 5) is 48.9. The lowest BCUT2D eigenvalue weighted by molar-refractivity contribution is -0.145. The number of benzene rings is 2. The zero-order valence-electron chi connectivity index (χ0n) is 16.4. The van der Waals surface area contributed by atoms with Crippen molar-refractivity contribution >= 4 is 27.7 Å². The number of hydrogen-bond acceptors (Lipinski definition) is 6. The Hall–Kier alpha value is -3.94. The van der Waals surface area contributed by atoms with Gasteiger partial charge in [-0.3, -0.25) is 19.5 Å². The molecule has 0 unspecified atom stereocenters. The van der Waals surface area contributed by atoms with E-state index in [0.29, 0.717) is 16.5 Å². The third-order valence-corrected chi connectivity index (χ3v) is 5.08. The van der Waals surface area contributed by atoms with Crippen molar-refractivity contribution in [3.8, 4) is 0 Å². The molecule has 0 aliphatic heterocycles. The molecular weight excluding hydrogens is 388 g/mol. The second-order valence-electron chi connectivity index (χ2n) is 7.01. The molecule has 0 spiro atoms. The maximum atomic E-state index is 12.5. The molecule has 2 heterocycles. The van der Waals surface area contributed by atoms with Gasteiger partial charge in [-0.2, -0.15) is 0 Å². The molecule has 0 saturated heterocycles. The number of esters is 1. The van der Waals surface area contributed by atoms with E-state index in [2.05, 4.69) is 5.10 Å². The van der Waals surface area contributed by atoms with Gasteiger partial charge in [0.1, 0.15) is 18.7 Å². The number of aromatic nitrogens is 2. The zero-order chi connectivity index (χ0) is 21.4. The Morgan fingerprint density at radius 2 is 1.77 bits per heavy atom. The first kappa shape index (κ1) is 19.4. The smallest absolute Gasteiger partial charge is 0.336 e. The molecule has 2 aromatic heterocycles. The molecule has 8 nitrogen and oxygen atoms in total. The second-order valence-corrected chi connectivity index (χ2v) is 7.01. The van der Waals surface area contributed by atoms with Crippen molar-refractivity contribution < 1.29 is 13.9 Å². The van der Waals surface area contributed by atoms with E-state index < -0.39 is 29.3 Å². The number of H-pyrrole nitrogens is 1. The number of carbonyl (C=O) groups excluding carboxylic acids is 1. The number of carbonyl (C=O) groups is 1. The average Bonchev–Trinajstić information content (AvgIpc) is 2.73. The highest BCUT2D eigenvalue weighted by Crippen LogP contribution is 2.23. The van der Waals surface area contributed by atoms with Crippen LogP contribution in [-0.2, 0) is 22.7 Å². The van der Waals surface area contributed by atoms with Crippen LogP contribution in [0.25, 0.3) is 21.7 Å². The molecule has 30 heavy (non-hydrogen) atoms. The van der Waals surface area contributed by atoms with Gasteiger partial charge >= 0.3 is 11.6 Å². The standard InChI is InChI=1S/C22H18N2O6/c1-12-7-8-15-14(9-18(25)30-20(15)13(12)2)11-29-19(26)10-24-22(28)17-6-4-3-5-16(17)21(27)23-24/h3-9H,10-11H2,1-2H3,(H,23,27). The number of fused-ring (bicyclic) bond motifs is 2. The second kappa shape index (κ2) is 7.47. The van der Waals surface area contributed by atoms with E-state index >= 15 is 0 Å². The fourth-order valence-corrected chi connectivity index (χ4v) is 3.33. The summed E-state index contributed by atoms with van der Waals surface area (Å²) >= 11 is 0. The third kappa shape index (κ3) is 3.43. The van der Waals surface area contributed by atoms with E-state index in [4.69, 9.17) is 9.15 Å². The fourth-order valence-electron chi connectivity index (χ4n) is 3.33. The Kier molecular flexibility index (Phi) is 4.83. The molecule has 0 saturated carbocycles. The number of nitrogens with one attached hydrogen (secondary N) is 1. The van der Waals surface area contributed by atoms with E-state index in [1.54, 1.807) is 18.2 Å². The average molecular weight is 406 g/mol. The predicted molar refractivity (Wildman–Crippen MR) is 111 cm³/mol. The van der Waals surface area contributed by atoms with Crippen molar-refractivity contribution in [1.29, 1.82) is 0 Å². The molecule has 0 atom stereocenters. The highest BCUT2D eigenvalue weighted by atomic mass is 16.5. The lowest BCUT2D eigenvalue weighted by atomic mass is 10.0. The molecule has 1 N–H and O–H groups in total. The van der Waals surface area contributed by atoms with Gasteiger partial charge < -0.3 is 9.15 Å². The van der Waals surface area contributed by atoms with Gasteiger partial charge in [0.25, 0.3) is 11.1 Å². The number of aromatic amines is 1. The minimum atomic E-state index is -0.728. The van der Waals surface area contributed by atoms with Crippen LogP contribution in [0.5, 0.6) is 0 Å². The highest BCUT2D eigenvalue weighted by Gasteiger charge is 2.14. The van der Waals surface area contributed by atoms with Gasteiger partial charge in [0, 0.05) is 17.0 Å². The number of nitrogens with zero attached hydrogens (tertiary/aromatic N) is 1. The van der Waals surface area contributed by atoms with Crippen LogP contribution >= 0.6 is 0 Å². The van der Waals surface area contributed by atoms with Gasteiger partial charge in [0.05, 0.1) is 10.8 Å². The van der Waals surface area contributed by atoms with Gasteiger partial charge in [-0.15, -0.1) is 0 Å². The summed E-state index contributed by atoms with van der Waals surface area (Å²) in [6.45, 7) is 3.12. The first-order valence-corrected chi connectivity index (χ1v) is 9.25. The Bertz CT molecular complexity index is 1480. The molecule has 0 aliphatic carbocycles. The van der Waals surface area contributed by atoms with Crippen molar-refractivity contribution in [3.05, 3.63) is 90.3 Å². The maximum Gasteiger partial charge on any atom is 0.336 e. The van der Waals surface area contributed by atoms with E-state index in [-0.39, 0.29) is 17.4 Å². The number of aryl methyl sites for hydroxylation is 2. The molecule has 0 radical (unpaired) electrons. The monoisotopic (exact) mass is 406 g/mol. The van der Waals surface area contributed by atoms with Crippen molar-refractivity contribution in [3.63, 3.8) is 0 Å². The fraction of sp³-hybridized carbons (Fsp3) is 0.182. The van der Waals surface area contributed by atoms with Crippen LogP contribution in [-0.4, -0.2) is 15.7 Å². The Labute approximate surface area is 169 Å². The summed E-state index contributed by atoms with van der Waals surface area (Å²) in [6, 6.07) is 11.3. The summed E-state index contributed by atoms with van der Waals surface area (Å²) in [5, 5.41) is 3.52. The minimum Gasteiger partial charge on any atom is -0.459 e. The van der Waals surface area contributed by atoms with Crippen LogP contribution in [0.3, 0.4) is 0 Å². The molecule has 4 rings (SSSR count). The van der Waals surface area contributed by atoms with Crippen molar-refractivity contribution in [2.45, 2.75) is 27.0 Å². The van der Waals surface area contributed by atoms with Gasteiger partial charge in [-0.05, 0) is 37.1 Å². The maximum absolute atomic E-state index is 12.5. The normalized spacial score (nSPS) is 11.1. The van der Waals surface area contributed by atoms with Gasteiger partial charge in [0.2, 0.25) is 0 Å². The SMILES string of the molecule is Cc1ccc2c(COC(=O)Cn3[nH]c(=O)c4ccccc4c3=O)cc(=O)oc2c1C. The summed E-state index contributed by atoms with van der Waals surface area (Å²) in [6.07, 6.45) is 0. The van der Waals surface area contributed by atoms with Crippen LogP contribution in [0.4, 0.5) is 0 Å². The molecule has 4 aromatic rings. The Morgan fingerprint density at radius 1 is 1.03 bits per heavy atom. The van der Waals surface area contributed by atoms with Crippen molar-refractivity contribution in [2.75, 3.05) is 0 Å². The van der Waals surface area contributed by atoms with Crippen LogP contribution < -0.4 is 16.7 Å². The molecule has 0 fully saturated rings. The van der Waals surface area contributed by atoms with E-state index in [0.717, 1.165) is 15.8 Å². The van der Waals surface area contributed by atoms with Gasteiger partial charge in [-0.25, -0.2) is 9.48 Å². The topological polar surface area (TPSA) is 111 Å². The van der Waals surface area contributed by atoms with Crippen LogP contribution in [0, 0.1) is 13.8 Å². The first-order chi connectivity index (χ1) is 14.3. The Morgan fingerprint density at radius 3 is 2.53 bits per heavy atom. The lowest BCUT2D eigenvalue weighted by Crippen LogP contribution is -2.32. The number of hydrogen-bond donors (Lipinski definition) is 1. The summed E-state index contributed by atoms with van der Waals surface area (Å²) in [5.74, 6) is -0.728. The third-order valence-electron chi connectivity index (χ3n) is 5.08. The van der Waals surface area contributed by atoms with E-state index in [1.807, 2.05) is 19.9 Å². The molecular formula is C22H18N2O6. The minimum absolute atomic E-state index is 0.171. The largest absolute Gasteiger partial charge is 0.459 e. The van der Waals surface area contributed by atoms with Crippen molar-refractivity contribution in [2.24, 2.45) is 0 Å². The summed E-state index contributed by atoms with van der Waals surface area (Å²) in [5.41, 5.74) is 1.23. The lowest BCUT2D eigenvalue weighted by Gasteiger charge is -2.10. The molecule has 0 amide bonds. The molecule has 8 heteroatoms. The highest BCUT2D eigenvalue weighted by molar-refractivity contribution is 5.84. The van der Waals surface area contributed by atoms with Gasteiger partial charge in [-0.1, -0.05) is 24.3 Å². The van der Waals surface area contributed by atoms with Gasteiger partial charge in [0.15, 0.2) is 0 Å². The van der Waals surface area contributed by atoms with E-state index in [1.165, 1.54) is 18.2 Å². The molecule has 152 valence electrons. The van der Waals surface area contributed by atoms with Crippen molar-refractivity contribution in [1.82, 2.24) is 9.78 Å². The zero-order valence-corrected chi connectivity index (χ0v) is 16.4. The molecule has 2 aromatic carbocycles. The first-order valence-electron chi connectivity index (χ1n) is 9.25. The van der Waals surface area contributed by atoms with E-state index in [9.17, 15) is 19.2 Å². The summed E-state index contributed by atoms with van der Waals surface area (Å²) < 4.78 is 11.5. The predicted octanol–water partition coefficient (Wildman–Crippen LogP) is 2.16. The Balaban J connectivity index is 1.60. The molecule has 0 aliphatic rings. The van der Waals surface area contributed by atoms with Crippen LogP contribution in [0.1, 0.15) is 16.7 Å². The number of rotatable bonds is 4. The van der Waals surface area contributed by atoms with Crippen LogP contribution in [0.2, 0.25) is 0 Å². The summed E-state index contributed by atoms with van der Waals surface area (Å²) in [7, 11) is 0. The number of ether oxygens (including phenoxy) is 1. The molecule has 0 bridgehead atoms. The quantitative estimate of drug-likeness (QED) is 0.411.